The number of nitro benzene ring substituents is 1. The van der Waals surface area contributed by atoms with Crippen LogP contribution in [0.4, 0.5) is 5.69 Å². The highest BCUT2D eigenvalue weighted by Gasteiger charge is 2.23. The van der Waals surface area contributed by atoms with Crippen molar-refractivity contribution in [2.24, 2.45) is 0 Å². The molecule has 1 aromatic rings. The van der Waals surface area contributed by atoms with E-state index in [2.05, 4.69) is 5.32 Å². The summed E-state index contributed by atoms with van der Waals surface area (Å²) in [4.78, 5) is 44.8. The van der Waals surface area contributed by atoms with Gasteiger partial charge >= 0.3 is 11.9 Å². The monoisotopic (exact) mass is 368 g/mol. The molecule has 10 heteroatoms. The lowest BCUT2D eigenvalue weighted by atomic mass is 10.0. The summed E-state index contributed by atoms with van der Waals surface area (Å²) in [5.74, 6) is -2.25. The van der Waals surface area contributed by atoms with Crippen molar-refractivity contribution in [3.05, 3.63) is 33.9 Å². The fourth-order valence-corrected chi connectivity index (χ4v) is 2.17. The van der Waals surface area contributed by atoms with Gasteiger partial charge in [0.2, 0.25) is 5.91 Å². The van der Waals surface area contributed by atoms with E-state index in [4.69, 9.17) is 9.47 Å². The lowest BCUT2D eigenvalue weighted by Gasteiger charge is -2.16. The van der Waals surface area contributed by atoms with Gasteiger partial charge in [-0.05, 0) is 13.0 Å². The first-order valence-corrected chi connectivity index (χ1v) is 7.77. The minimum Gasteiger partial charge on any atom is -0.496 e. The number of nitro groups is 1. The van der Waals surface area contributed by atoms with Crippen LogP contribution < -0.4 is 10.1 Å². The van der Waals surface area contributed by atoms with E-state index in [0.29, 0.717) is 0 Å². The van der Waals surface area contributed by atoms with Gasteiger partial charge in [0.15, 0.2) is 0 Å². The number of esters is 1. The van der Waals surface area contributed by atoms with Gasteiger partial charge in [0.1, 0.15) is 11.8 Å². The quantitative estimate of drug-likeness (QED) is 0.354. The van der Waals surface area contributed by atoms with Crippen LogP contribution in [0.15, 0.2) is 18.2 Å². The van der Waals surface area contributed by atoms with Crippen molar-refractivity contribution >= 4 is 23.5 Å². The molecule has 10 nitrogen and oxygen atoms in total. The molecule has 0 aliphatic rings. The van der Waals surface area contributed by atoms with E-state index in [-0.39, 0.29) is 42.9 Å². The average molecular weight is 368 g/mol. The number of carbonyl (C=O) groups excluding carboxylic acids is 2. The van der Waals surface area contributed by atoms with Crippen LogP contribution in [0.3, 0.4) is 0 Å². The molecule has 0 aromatic heterocycles. The highest BCUT2D eigenvalue weighted by molar-refractivity contribution is 5.86. The summed E-state index contributed by atoms with van der Waals surface area (Å²) >= 11 is 0. The second-order valence-corrected chi connectivity index (χ2v) is 5.22. The Kier molecular flexibility index (Phi) is 8.00. The number of carbonyl (C=O) groups is 3. The minimum atomic E-state index is -1.33. The van der Waals surface area contributed by atoms with Gasteiger partial charge in [-0.2, -0.15) is 0 Å². The number of nitrogens with zero attached hydrogens (tertiary/aromatic N) is 1. The fraction of sp³-hybridized carbons (Fsp3) is 0.438. The molecule has 26 heavy (non-hydrogen) atoms. The summed E-state index contributed by atoms with van der Waals surface area (Å²) < 4.78 is 9.77. The molecular formula is C16H20N2O8. The van der Waals surface area contributed by atoms with Crippen molar-refractivity contribution in [2.45, 2.75) is 32.2 Å². The Hall–Kier alpha value is -3.17. The van der Waals surface area contributed by atoms with Crippen LogP contribution in [-0.2, 0) is 25.5 Å². The SMILES string of the molecule is CCOC(=O)CCC(=O)N[C@@H](Cc1cc([N+](=O)[O-])ccc1OC)C(=O)O. The van der Waals surface area contributed by atoms with E-state index in [9.17, 15) is 29.6 Å². The third kappa shape index (κ3) is 6.38. The number of benzene rings is 1. The first-order valence-electron chi connectivity index (χ1n) is 7.77. The number of carboxylic acid groups (broad SMARTS) is 1. The molecule has 0 aliphatic heterocycles. The Morgan fingerprint density at radius 3 is 2.54 bits per heavy atom. The number of nitrogens with one attached hydrogen (secondary N) is 1. The number of ether oxygens (including phenoxy) is 2. The molecule has 0 saturated heterocycles. The van der Waals surface area contributed by atoms with Crippen molar-refractivity contribution in [3.8, 4) is 5.75 Å². The van der Waals surface area contributed by atoms with Gasteiger partial charge in [-0.25, -0.2) is 4.79 Å². The molecule has 0 aliphatic carbocycles. The molecule has 0 bridgehead atoms. The second-order valence-electron chi connectivity index (χ2n) is 5.22. The zero-order chi connectivity index (χ0) is 19.7. The molecule has 1 amide bonds. The smallest absolute Gasteiger partial charge is 0.326 e. The maximum absolute atomic E-state index is 11.9. The number of aliphatic carboxylic acids is 1. The lowest BCUT2D eigenvalue weighted by molar-refractivity contribution is -0.384. The summed E-state index contributed by atoms with van der Waals surface area (Å²) in [6, 6.07) is 2.45. The van der Waals surface area contributed by atoms with Crippen molar-refractivity contribution in [2.75, 3.05) is 13.7 Å². The lowest BCUT2D eigenvalue weighted by Crippen LogP contribution is -2.42. The Morgan fingerprint density at radius 1 is 1.31 bits per heavy atom. The highest BCUT2D eigenvalue weighted by atomic mass is 16.6. The number of methoxy groups -OCH3 is 1. The standard InChI is InChI=1S/C16H20N2O8/c1-3-26-15(20)7-6-14(19)17-12(16(21)22)9-10-8-11(18(23)24)4-5-13(10)25-2/h4-5,8,12H,3,6-7,9H2,1-2H3,(H,17,19)(H,21,22)/t12-/m0/s1. The van der Waals surface area contributed by atoms with E-state index in [0.717, 1.165) is 0 Å². The van der Waals surface area contributed by atoms with E-state index in [1.165, 1.54) is 25.3 Å². The van der Waals surface area contributed by atoms with Crippen LogP contribution in [-0.4, -0.2) is 47.6 Å². The van der Waals surface area contributed by atoms with Crippen LogP contribution in [0.1, 0.15) is 25.3 Å². The number of rotatable bonds is 10. The predicted octanol–water partition coefficient (Wildman–Crippen LogP) is 1.06. The largest absolute Gasteiger partial charge is 0.496 e. The normalized spacial score (nSPS) is 11.3. The van der Waals surface area contributed by atoms with Crippen LogP contribution in [0.25, 0.3) is 0 Å². The summed E-state index contributed by atoms with van der Waals surface area (Å²) in [5, 5.41) is 22.5. The zero-order valence-corrected chi connectivity index (χ0v) is 14.4. The third-order valence-electron chi connectivity index (χ3n) is 3.39. The van der Waals surface area contributed by atoms with Crippen molar-refractivity contribution in [1.29, 1.82) is 0 Å². The van der Waals surface area contributed by atoms with E-state index < -0.39 is 28.8 Å². The molecular weight excluding hydrogens is 348 g/mol. The number of amides is 1. The molecule has 0 unspecified atom stereocenters. The molecule has 1 aromatic carbocycles. The van der Waals surface area contributed by atoms with Gasteiger partial charge in [0.05, 0.1) is 25.1 Å². The fourth-order valence-electron chi connectivity index (χ4n) is 2.17. The molecule has 1 atom stereocenters. The van der Waals surface area contributed by atoms with Crippen LogP contribution >= 0.6 is 0 Å². The first-order chi connectivity index (χ1) is 12.3. The summed E-state index contributed by atoms with van der Waals surface area (Å²) in [7, 11) is 1.35. The topological polar surface area (TPSA) is 145 Å². The van der Waals surface area contributed by atoms with E-state index in [1.54, 1.807) is 6.92 Å². The van der Waals surface area contributed by atoms with Gasteiger partial charge < -0.3 is 19.9 Å². The summed E-state index contributed by atoms with van der Waals surface area (Å²) in [5.41, 5.74) is 0.0402. The molecule has 1 rings (SSSR count). The van der Waals surface area contributed by atoms with Crippen LogP contribution in [0, 0.1) is 10.1 Å². The maximum Gasteiger partial charge on any atom is 0.326 e. The Morgan fingerprint density at radius 2 is 2.00 bits per heavy atom. The van der Waals surface area contributed by atoms with Crippen molar-refractivity contribution in [1.82, 2.24) is 5.32 Å². The van der Waals surface area contributed by atoms with Gasteiger partial charge in [-0.1, -0.05) is 0 Å². The molecule has 0 heterocycles. The van der Waals surface area contributed by atoms with Gasteiger partial charge in [0, 0.05) is 30.5 Å². The van der Waals surface area contributed by atoms with Crippen LogP contribution in [0.2, 0.25) is 0 Å². The van der Waals surface area contributed by atoms with Gasteiger partial charge in [-0.3, -0.25) is 19.7 Å². The molecule has 0 saturated carbocycles. The minimum absolute atomic E-state index is 0.174. The van der Waals surface area contributed by atoms with E-state index >= 15 is 0 Å². The van der Waals surface area contributed by atoms with Gasteiger partial charge in [0.25, 0.3) is 5.69 Å². The maximum atomic E-state index is 11.9. The molecule has 0 fully saturated rings. The Labute approximate surface area is 149 Å². The molecule has 142 valence electrons. The zero-order valence-electron chi connectivity index (χ0n) is 14.4. The number of hydrogen-bond donors (Lipinski definition) is 2. The van der Waals surface area contributed by atoms with Crippen LogP contribution in [0.5, 0.6) is 5.75 Å². The van der Waals surface area contributed by atoms with Crippen molar-refractivity contribution < 1.29 is 33.9 Å². The first kappa shape index (κ1) is 20.9. The molecule has 2 N–H and O–H groups in total. The Bertz CT molecular complexity index is 689. The van der Waals surface area contributed by atoms with Crippen molar-refractivity contribution in [3.63, 3.8) is 0 Å². The molecule has 0 spiro atoms. The van der Waals surface area contributed by atoms with Gasteiger partial charge in [-0.15, -0.1) is 0 Å². The predicted molar refractivity (Wildman–Crippen MR) is 88.8 cm³/mol. The number of non-ortho nitro benzene ring substituents is 1. The average Bonchev–Trinajstić information content (AvgIpc) is 2.59. The number of carboxylic acids is 1. The van der Waals surface area contributed by atoms with E-state index in [1.807, 2.05) is 0 Å². The summed E-state index contributed by atoms with van der Waals surface area (Å²) in [6.45, 7) is 1.82. The Balaban J connectivity index is 2.84. The summed E-state index contributed by atoms with van der Waals surface area (Å²) in [6.07, 6.45) is -0.619. The molecule has 0 radical (unpaired) electrons. The highest BCUT2D eigenvalue weighted by Crippen LogP contribution is 2.25. The number of hydrogen-bond acceptors (Lipinski definition) is 7. The second kappa shape index (κ2) is 9.97. The third-order valence-corrected chi connectivity index (χ3v) is 3.39.